The highest BCUT2D eigenvalue weighted by molar-refractivity contribution is 5.80. The number of aromatic amines is 1. The number of fused-ring (bicyclic) bond motifs is 1. The number of hydrogen-bond donors (Lipinski definition) is 1. The zero-order chi connectivity index (χ0) is 13.2. The molecule has 0 saturated heterocycles. The van der Waals surface area contributed by atoms with Crippen molar-refractivity contribution >= 4 is 10.9 Å². The van der Waals surface area contributed by atoms with E-state index in [0.717, 1.165) is 22.4 Å². The van der Waals surface area contributed by atoms with E-state index in [4.69, 9.17) is 4.74 Å². The van der Waals surface area contributed by atoms with Gasteiger partial charge in [0.15, 0.2) is 0 Å². The maximum atomic E-state index is 13.5. The fraction of sp³-hybridized carbons (Fsp3) is 0.125. The van der Waals surface area contributed by atoms with E-state index >= 15 is 0 Å². The largest absolute Gasteiger partial charge is 0.487 e. The van der Waals surface area contributed by atoms with Gasteiger partial charge in [-0.3, -0.25) is 0 Å². The summed E-state index contributed by atoms with van der Waals surface area (Å²) in [7, 11) is 0. The quantitative estimate of drug-likeness (QED) is 0.745. The van der Waals surface area contributed by atoms with E-state index in [0.29, 0.717) is 12.1 Å². The molecule has 0 aliphatic rings. The van der Waals surface area contributed by atoms with E-state index in [1.807, 2.05) is 43.3 Å². The number of H-pyrrole nitrogens is 1. The second-order valence-electron chi connectivity index (χ2n) is 4.60. The van der Waals surface area contributed by atoms with Crippen molar-refractivity contribution in [1.82, 2.24) is 4.98 Å². The molecule has 1 aromatic heterocycles. The highest BCUT2D eigenvalue weighted by Gasteiger charge is 2.05. The van der Waals surface area contributed by atoms with Crippen LogP contribution in [0.25, 0.3) is 10.9 Å². The zero-order valence-electron chi connectivity index (χ0n) is 10.6. The highest BCUT2D eigenvalue weighted by atomic mass is 19.1. The molecular weight excluding hydrogens is 241 g/mol. The lowest BCUT2D eigenvalue weighted by molar-refractivity contribution is 0.302. The van der Waals surface area contributed by atoms with Crippen LogP contribution in [0.5, 0.6) is 5.75 Å². The van der Waals surface area contributed by atoms with Crippen LogP contribution in [0.4, 0.5) is 4.39 Å². The summed E-state index contributed by atoms with van der Waals surface area (Å²) >= 11 is 0. The number of benzene rings is 2. The van der Waals surface area contributed by atoms with Crippen molar-refractivity contribution in [1.29, 1.82) is 0 Å². The number of nitrogens with one attached hydrogen (secondary N) is 1. The summed E-state index contributed by atoms with van der Waals surface area (Å²) in [6.45, 7) is 2.42. The molecule has 0 aliphatic carbocycles. The molecule has 0 fully saturated rings. The lowest BCUT2D eigenvalue weighted by atomic mass is 10.2. The molecule has 1 N–H and O–H groups in total. The van der Waals surface area contributed by atoms with Gasteiger partial charge in [-0.2, -0.15) is 0 Å². The molecule has 2 nitrogen and oxygen atoms in total. The minimum absolute atomic E-state index is 0.237. The lowest BCUT2D eigenvalue weighted by Crippen LogP contribution is -1.95. The van der Waals surface area contributed by atoms with Gasteiger partial charge in [0.2, 0.25) is 0 Å². The molecule has 3 rings (SSSR count). The van der Waals surface area contributed by atoms with Gasteiger partial charge in [0.1, 0.15) is 18.2 Å². The predicted molar refractivity (Wildman–Crippen MR) is 73.8 cm³/mol. The Labute approximate surface area is 110 Å². The van der Waals surface area contributed by atoms with Crippen LogP contribution in [0.1, 0.15) is 11.3 Å². The fourth-order valence-electron chi connectivity index (χ4n) is 2.12. The van der Waals surface area contributed by atoms with E-state index in [2.05, 4.69) is 4.98 Å². The smallest absolute Gasteiger partial charge is 0.147 e. The number of ether oxygens (including phenoxy) is 1. The molecule has 3 heteroatoms. The number of para-hydroxylation sites is 1. The minimum atomic E-state index is -0.237. The number of rotatable bonds is 3. The van der Waals surface area contributed by atoms with Crippen LogP contribution in [0.2, 0.25) is 0 Å². The molecule has 19 heavy (non-hydrogen) atoms. The van der Waals surface area contributed by atoms with Gasteiger partial charge in [-0.25, -0.2) is 4.39 Å². The Balaban J connectivity index is 1.80. The van der Waals surface area contributed by atoms with Crippen molar-refractivity contribution in [3.8, 4) is 5.75 Å². The summed E-state index contributed by atoms with van der Waals surface area (Å²) in [5, 5.41) is 0.864. The second-order valence-corrected chi connectivity index (χ2v) is 4.60. The van der Waals surface area contributed by atoms with Gasteiger partial charge in [0, 0.05) is 5.39 Å². The van der Waals surface area contributed by atoms with Crippen LogP contribution in [0.3, 0.4) is 0 Å². The maximum Gasteiger partial charge on any atom is 0.147 e. The van der Waals surface area contributed by atoms with E-state index < -0.39 is 0 Å². The molecule has 96 valence electrons. The average Bonchev–Trinajstić information content (AvgIpc) is 2.81. The summed E-state index contributed by atoms with van der Waals surface area (Å²) in [5.74, 6) is 0.582. The SMILES string of the molecule is Cc1cccc(OCc2cc3cccc(F)c3[nH]2)c1. The summed E-state index contributed by atoms with van der Waals surface area (Å²) in [6, 6.07) is 14.8. The van der Waals surface area contributed by atoms with Crippen molar-refractivity contribution in [3.05, 3.63) is 65.6 Å². The van der Waals surface area contributed by atoms with Gasteiger partial charge < -0.3 is 9.72 Å². The molecule has 2 aromatic carbocycles. The minimum Gasteiger partial charge on any atom is -0.487 e. The number of aryl methyl sites for hydroxylation is 1. The second kappa shape index (κ2) is 4.76. The normalized spacial score (nSPS) is 10.8. The summed E-state index contributed by atoms with van der Waals surface area (Å²) in [4.78, 5) is 3.05. The molecule has 0 saturated carbocycles. The van der Waals surface area contributed by atoms with Crippen molar-refractivity contribution in [3.63, 3.8) is 0 Å². The van der Waals surface area contributed by atoms with E-state index in [-0.39, 0.29) is 5.82 Å². The highest BCUT2D eigenvalue weighted by Crippen LogP contribution is 2.20. The first kappa shape index (κ1) is 11.8. The Morgan fingerprint density at radius 2 is 1.95 bits per heavy atom. The Hall–Kier alpha value is -2.29. The molecule has 0 bridgehead atoms. The summed E-state index contributed by atoms with van der Waals surface area (Å²) in [5.41, 5.74) is 2.55. The van der Waals surface area contributed by atoms with E-state index in [9.17, 15) is 4.39 Å². The molecule has 0 aliphatic heterocycles. The molecular formula is C16H14FNO. The van der Waals surface area contributed by atoms with Crippen molar-refractivity contribution in [2.45, 2.75) is 13.5 Å². The number of halogens is 1. The number of hydrogen-bond acceptors (Lipinski definition) is 1. The Morgan fingerprint density at radius 3 is 2.74 bits per heavy atom. The molecule has 3 aromatic rings. The van der Waals surface area contributed by atoms with Crippen molar-refractivity contribution in [2.75, 3.05) is 0 Å². The zero-order valence-corrected chi connectivity index (χ0v) is 10.6. The molecule has 0 atom stereocenters. The Morgan fingerprint density at radius 1 is 1.11 bits per heavy atom. The Kier molecular flexibility index (Phi) is 2.95. The predicted octanol–water partition coefficient (Wildman–Crippen LogP) is 4.19. The molecule has 0 spiro atoms. The topological polar surface area (TPSA) is 25.0 Å². The monoisotopic (exact) mass is 255 g/mol. The first-order chi connectivity index (χ1) is 9.22. The van der Waals surface area contributed by atoms with E-state index in [1.165, 1.54) is 6.07 Å². The van der Waals surface area contributed by atoms with Crippen LogP contribution < -0.4 is 4.74 Å². The molecule has 1 heterocycles. The van der Waals surface area contributed by atoms with Gasteiger partial charge in [-0.05, 0) is 36.8 Å². The van der Waals surface area contributed by atoms with Gasteiger partial charge >= 0.3 is 0 Å². The number of aromatic nitrogens is 1. The van der Waals surface area contributed by atoms with E-state index in [1.54, 1.807) is 6.07 Å². The third-order valence-electron chi connectivity index (χ3n) is 3.05. The summed E-state index contributed by atoms with van der Waals surface area (Å²) in [6.07, 6.45) is 0. The van der Waals surface area contributed by atoms with Gasteiger partial charge in [-0.1, -0.05) is 24.3 Å². The van der Waals surface area contributed by atoms with Crippen LogP contribution in [0.15, 0.2) is 48.5 Å². The van der Waals surface area contributed by atoms with Crippen LogP contribution in [0, 0.1) is 12.7 Å². The maximum absolute atomic E-state index is 13.5. The third-order valence-corrected chi connectivity index (χ3v) is 3.05. The van der Waals surface area contributed by atoms with Crippen molar-refractivity contribution < 1.29 is 9.13 Å². The van der Waals surface area contributed by atoms with Gasteiger partial charge in [0.25, 0.3) is 0 Å². The van der Waals surface area contributed by atoms with Gasteiger partial charge in [0.05, 0.1) is 11.2 Å². The molecule has 0 amide bonds. The molecule has 0 unspecified atom stereocenters. The first-order valence-corrected chi connectivity index (χ1v) is 6.18. The standard InChI is InChI=1S/C16H14FNO/c1-11-4-2-6-14(8-11)19-10-13-9-12-5-3-7-15(17)16(12)18-13/h2-9,18H,10H2,1H3. The van der Waals surface area contributed by atoms with Crippen LogP contribution >= 0.6 is 0 Å². The lowest BCUT2D eigenvalue weighted by Gasteiger charge is -2.05. The Bertz CT molecular complexity index is 718. The van der Waals surface area contributed by atoms with Crippen LogP contribution in [-0.4, -0.2) is 4.98 Å². The average molecular weight is 255 g/mol. The van der Waals surface area contributed by atoms with Crippen LogP contribution in [-0.2, 0) is 6.61 Å². The first-order valence-electron chi connectivity index (χ1n) is 6.18. The third kappa shape index (κ3) is 2.45. The van der Waals surface area contributed by atoms with Crippen molar-refractivity contribution in [2.24, 2.45) is 0 Å². The van der Waals surface area contributed by atoms with Gasteiger partial charge in [-0.15, -0.1) is 0 Å². The summed E-state index contributed by atoms with van der Waals surface area (Å²) < 4.78 is 19.2. The fourth-order valence-corrected chi connectivity index (χ4v) is 2.12. The molecule has 0 radical (unpaired) electrons.